The van der Waals surface area contributed by atoms with Crippen molar-refractivity contribution in [2.75, 3.05) is 6.61 Å². The highest BCUT2D eigenvalue weighted by Gasteiger charge is 2.06. The van der Waals surface area contributed by atoms with Crippen molar-refractivity contribution in [2.24, 2.45) is 0 Å². The van der Waals surface area contributed by atoms with Gasteiger partial charge in [0.05, 0.1) is 12.5 Å². The zero-order valence-corrected chi connectivity index (χ0v) is 10.7. The van der Waals surface area contributed by atoms with Gasteiger partial charge in [-0.15, -0.1) is 11.6 Å². The largest absolute Gasteiger partial charge is 0.490 e. The molecule has 0 aliphatic heterocycles. The summed E-state index contributed by atoms with van der Waals surface area (Å²) in [6.45, 7) is 2.50. The van der Waals surface area contributed by atoms with Crippen LogP contribution in [0, 0.1) is 0 Å². The molecule has 18 heavy (non-hydrogen) atoms. The Labute approximate surface area is 111 Å². The summed E-state index contributed by atoms with van der Waals surface area (Å²) in [6, 6.07) is 7.67. The van der Waals surface area contributed by atoms with E-state index in [-0.39, 0.29) is 6.01 Å². The molecule has 0 fully saturated rings. The topological polar surface area (TPSA) is 44.2 Å². The predicted molar refractivity (Wildman–Crippen MR) is 69.3 cm³/mol. The zero-order chi connectivity index (χ0) is 12.8. The van der Waals surface area contributed by atoms with Gasteiger partial charge in [0.1, 0.15) is 0 Å². The quantitative estimate of drug-likeness (QED) is 0.777. The van der Waals surface area contributed by atoms with Crippen molar-refractivity contribution in [3.05, 3.63) is 42.2 Å². The van der Waals surface area contributed by atoms with Crippen molar-refractivity contribution in [1.82, 2.24) is 9.97 Å². The molecular formula is C13H13ClN2O2. The van der Waals surface area contributed by atoms with E-state index in [4.69, 9.17) is 21.1 Å². The molecule has 5 heteroatoms. The maximum absolute atomic E-state index is 5.67. The summed E-state index contributed by atoms with van der Waals surface area (Å²) < 4.78 is 11.0. The van der Waals surface area contributed by atoms with Crippen LogP contribution in [0.15, 0.2) is 36.7 Å². The highest BCUT2D eigenvalue weighted by Crippen LogP contribution is 2.29. The van der Waals surface area contributed by atoms with E-state index in [1.54, 1.807) is 12.4 Å². The van der Waals surface area contributed by atoms with E-state index >= 15 is 0 Å². The zero-order valence-electron chi connectivity index (χ0n) is 9.97. The number of benzene rings is 1. The number of para-hydroxylation sites is 2. The summed E-state index contributed by atoms with van der Waals surface area (Å²) in [5.41, 5.74) is 0.849. The van der Waals surface area contributed by atoms with Gasteiger partial charge in [-0.3, -0.25) is 0 Å². The van der Waals surface area contributed by atoms with Crippen molar-refractivity contribution in [3.8, 4) is 17.5 Å². The van der Waals surface area contributed by atoms with Crippen molar-refractivity contribution in [3.63, 3.8) is 0 Å². The van der Waals surface area contributed by atoms with Gasteiger partial charge in [-0.2, -0.15) is 0 Å². The summed E-state index contributed by atoms with van der Waals surface area (Å²) in [5, 5.41) is 0. The molecule has 0 radical (unpaired) electrons. The summed E-state index contributed by atoms with van der Waals surface area (Å²) in [4.78, 5) is 8.15. The third-order valence-corrected chi connectivity index (χ3v) is 2.49. The monoisotopic (exact) mass is 264 g/mol. The van der Waals surface area contributed by atoms with E-state index in [0.29, 0.717) is 24.0 Å². The van der Waals surface area contributed by atoms with Crippen LogP contribution in [0.1, 0.15) is 12.5 Å². The molecule has 1 heterocycles. The summed E-state index contributed by atoms with van der Waals surface area (Å²) in [6.07, 6.45) is 3.28. The van der Waals surface area contributed by atoms with Crippen LogP contribution in [0.5, 0.6) is 17.5 Å². The molecule has 2 rings (SSSR count). The van der Waals surface area contributed by atoms with Crippen LogP contribution in [0.25, 0.3) is 0 Å². The van der Waals surface area contributed by atoms with Gasteiger partial charge < -0.3 is 9.47 Å². The number of hydrogen-bond acceptors (Lipinski definition) is 4. The lowest BCUT2D eigenvalue weighted by Gasteiger charge is -2.09. The minimum Gasteiger partial charge on any atom is -0.490 e. The lowest BCUT2D eigenvalue weighted by atomic mass is 10.3. The molecule has 0 saturated carbocycles. The second kappa shape index (κ2) is 6.21. The van der Waals surface area contributed by atoms with Gasteiger partial charge in [0.15, 0.2) is 11.5 Å². The molecule has 4 nitrogen and oxygen atoms in total. The molecule has 1 aromatic heterocycles. The SMILES string of the molecule is CCOc1ccccc1Oc1ncc(CCl)cn1. The van der Waals surface area contributed by atoms with Crippen LogP contribution >= 0.6 is 11.6 Å². The Kier molecular flexibility index (Phi) is 4.36. The maximum atomic E-state index is 5.67. The van der Waals surface area contributed by atoms with Crippen LogP contribution in [0.3, 0.4) is 0 Å². The molecule has 0 unspecified atom stereocenters. The summed E-state index contributed by atoms with van der Waals surface area (Å²) >= 11 is 5.67. The van der Waals surface area contributed by atoms with Gasteiger partial charge >= 0.3 is 6.01 Å². The predicted octanol–water partition coefficient (Wildman–Crippen LogP) is 3.41. The molecule has 0 bridgehead atoms. The molecule has 1 aromatic carbocycles. The van der Waals surface area contributed by atoms with E-state index in [0.717, 1.165) is 5.56 Å². The van der Waals surface area contributed by atoms with E-state index < -0.39 is 0 Å². The Morgan fingerprint density at radius 2 is 1.78 bits per heavy atom. The Morgan fingerprint density at radius 1 is 1.11 bits per heavy atom. The Hall–Kier alpha value is -1.81. The number of alkyl halides is 1. The first-order chi connectivity index (χ1) is 8.83. The first-order valence-electron chi connectivity index (χ1n) is 5.60. The van der Waals surface area contributed by atoms with Gasteiger partial charge in [0.2, 0.25) is 0 Å². The van der Waals surface area contributed by atoms with Crippen molar-refractivity contribution < 1.29 is 9.47 Å². The van der Waals surface area contributed by atoms with E-state index in [9.17, 15) is 0 Å². The van der Waals surface area contributed by atoms with Gasteiger partial charge in [-0.1, -0.05) is 12.1 Å². The third kappa shape index (κ3) is 3.11. The highest BCUT2D eigenvalue weighted by atomic mass is 35.5. The van der Waals surface area contributed by atoms with Crippen LogP contribution in [0.4, 0.5) is 0 Å². The summed E-state index contributed by atoms with van der Waals surface area (Å²) in [7, 11) is 0. The molecule has 0 saturated heterocycles. The van der Waals surface area contributed by atoms with E-state index in [1.807, 2.05) is 31.2 Å². The standard InChI is InChI=1S/C13H13ClN2O2/c1-2-17-11-5-3-4-6-12(11)18-13-15-8-10(7-14)9-16-13/h3-6,8-9H,2,7H2,1H3. The first kappa shape index (κ1) is 12.6. The minimum atomic E-state index is 0.274. The fourth-order valence-corrected chi connectivity index (χ4v) is 1.51. The normalized spacial score (nSPS) is 10.1. The highest BCUT2D eigenvalue weighted by molar-refractivity contribution is 6.17. The average molecular weight is 265 g/mol. The second-order valence-electron chi connectivity index (χ2n) is 3.49. The maximum Gasteiger partial charge on any atom is 0.322 e. The molecule has 2 aromatic rings. The van der Waals surface area contributed by atoms with E-state index in [2.05, 4.69) is 9.97 Å². The Morgan fingerprint density at radius 3 is 2.39 bits per heavy atom. The molecule has 0 atom stereocenters. The smallest absolute Gasteiger partial charge is 0.322 e. The van der Waals surface area contributed by atoms with Gasteiger partial charge in [-0.05, 0) is 19.1 Å². The number of rotatable bonds is 5. The summed E-state index contributed by atoms with van der Waals surface area (Å²) in [5.74, 6) is 1.65. The van der Waals surface area contributed by atoms with Crippen LogP contribution in [-0.4, -0.2) is 16.6 Å². The van der Waals surface area contributed by atoms with Crippen molar-refractivity contribution >= 4 is 11.6 Å². The minimum absolute atomic E-state index is 0.274. The van der Waals surface area contributed by atoms with Crippen molar-refractivity contribution in [1.29, 1.82) is 0 Å². The number of aromatic nitrogens is 2. The fourth-order valence-electron chi connectivity index (χ4n) is 1.37. The van der Waals surface area contributed by atoms with E-state index in [1.165, 1.54) is 0 Å². The third-order valence-electron chi connectivity index (χ3n) is 2.19. The van der Waals surface area contributed by atoms with Crippen LogP contribution in [-0.2, 0) is 5.88 Å². The Bertz CT molecular complexity index is 503. The molecule has 0 aliphatic carbocycles. The first-order valence-corrected chi connectivity index (χ1v) is 6.13. The van der Waals surface area contributed by atoms with Gasteiger partial charge in [0, 0.05) is 18.0 Å². The van der Waals surface area contributed by atoms with Crippen LogP contribution < -0.4 is 9.47 Å². The van der Waals surface area contributed by atoms with Gasteiger partial charge in [-0.25, -0.2) is 9.97 Å². The lowest BCUT2D eigenvalue weighted by molar-refractivity contribution is 0.317. The molecule has 0 aliphatic rings. The fraction of sp³-hybridized carbons (Fsp3) is 0.231. The average Bonchev–Trinajstić information content (AvgIpc) is 2.42. The van der Waals surface area contributed by atoms with Crippen LogP contribution in [0.2, 0.25) is 0 Å². The number of hydrogen-bond donors (Lipinski definition) is 0. The number of halogens is 1. The number of ether oxygens (including phenoxy) is 2. The molecule has 94 valence electrons. The second-order valence-corrected chi connectivity index (χ2v) is 3.76. The Balaban J connectivity index is 2.17. The molecule has 0 N–H and O–H groups in total. The van der Waals surface area contributed by atoms with Gasteiger partial charge in [0.25, 0.3) is 0 Å². The van der Waals surface area contributed by atoms with Crippen molar-refractivity contribution in [2.45, 2.75) is 12.8 Å². The lowest BCUT2D eigenvalue weighted by Crippen LogP contribution is -1.97. The molecule has 0 spiro atoms. The molecule has 0 amide bonds. The molecular weight excluding hydrogens is 252 g/mol. The number of nitrogens with zero attached hydrogens (tertiary/aromatic N) is 2.